The highest BCUT2D eigenvalue weighted by molar-refractivity contribution is 9.10. The van der Waals surface area contributed by atoms with Crippen molar-refractivity contribution < 1.29 is 17.6 Å². The molecule has 0 aliphatic rings. The standard InChI is InChI=1S/C19H17BrN2O4S/c1-2-22(15-6-4-3-5-7-15)27(24,25)16-10-8-14(9-11-16)21-19(23)17-12-13-18(20)26-17/h3-13H,2H2,1H3,(H,21,23). The first kappa shape index (κ1) is 19.2. The lowest BCUT2D eigenvalue weighted by molar-refractivity contribution is 0.0995. The van der Waals surface area contributed by atoms with E-state index < -0.39 is 15.9 Å². The van der Waals surface area contributed by atoms with Gasteiger partial charge in [0.15, 0.2) is 10.4 Å². The molecule has 0 saturated heterocycles. The predicted molar refractivity (Wildman–Crippen MR) is 107 cm³/mol. The number of hydrogen-bond donors (Lipinski definition) is 1. The molecule has 3 aromatic rings. The van der Waals surface area contributed by atoms with Gasteiger partial charge in [-0.05, 0) is 71.4 Å². The molecule has 1 N–H and O–H groups in total. The summed E-state index contributed by atoms with van der Waals surface area (Å²) in [7, 11) is -3.70. The number of hydrogen-bond acceptors (Lipinski definition) is 4. The van der Waals surface area contributed by atoms with Crippen molar-refractivity contribution in [3.8, 4) is 0 Å². The molecule has 0 saturated carbocycles. The Hall–Kier alpha value is -2.58. The summed E-state index contributed by atoms with van der Waals surface area (Å²) < 4.78 is 32.9. The second-order valence-electron chi connectivity index (χ2n) is 5.59. The first-order valence-corrected chi connectivity index (χ1v) is 10.4. The number of anilines is 2. The summed E-state index contributed by atoms with van der Waals surface area (Å²) >= 11 is 3.14. The number of carbonyl (C=O) groups is 1. The number of amides is 1. The lowest BCUT2D eigenvalue weighted by Gasteiger charge is -2.23. The van der Waals surface area contributed by atoms with Gasteiger partial charge in [-0.3, -0.25) is 9.10 Å². The van der Waals surface area contributed by atoms with Gasteiger partial charge in [0.2, 0.25) is 0 Å². The monoisotopic (exact) mass is 448 g/mol. The van der Waals surface area contributed by atoms with Crippen LogP contribution in [0.2, 0.25) is 0 Å². The zero-order valence-electron chi connectivity index (χ0n) is 14.4. The zero-order chi connectivity index (χ0) is 19.4. The fourth-order valence-electron chi connectivity index (χ4n) is 2.55. The maximum atomic E-state index is 12.9. The van der Waals surface area contributed by atoms with E-state index in [1.54, 1.807) is 49.4 Å². The molecule has 0 fully saturated rings. The van der Waals surface area contributed by atoms with Gasteiger partial charge in [0, 0.05) is 12.2 Å². The molecule has 0 aliphatic heterocycles. The largest absolute Gasteiger partial charge is 0.444 e. The molecule has 0 spiro atoms. The summed E-state index contributed by atoms with van der Waals surface area (Å²) in [6.07, 6.45) is 0. The minimum Gasteiger partial charge on any atom is -0.444 e. The molecular formula is C19H17BrN2O4S. The second-order valence-corrected chi connectivity index (χ2v) is 8.23. The number of carbonyl (C=O) groups excluding carboxylic acids is 1. The molecule has 1 heterocycles. The summed E-state index contributed by atoms with van der Waals surface area (Å²) in [5, 5.41) is 2.66. The molecule has 2 aromatic carbocycles. The van der Waals surface area contributed by atoms with Gasteiger partial charge in [0.05, 0.1) is 10.6 Å². The molecule has 1 aromatic heterocycles. The van der Waals surface area contributed by atoms with E-state index >= 15 is 0 Å². The Kier molecular flexibility index (Phi) is 5.67. The normalized spacial score (nSPS) is 11.2. The summed E-state index contributed by atoms with van der Waals surface area (Å²) in [5.74, 6) is -0.268. The van der Waals surface area contributed by atoms with Crippen molar-refractivity contribution in [3.63, 3.8) is 0 Å². The Labute approximate surface area is 166 Å². The number of sulfonamides is 1. The van der Waals surface area contributed by atoms with E-state index in [0.29, 0.717) is 22.6 Å². The maximum absolute atomic E-state index is 12.9. The Morgan fingerprint density at radius 3 is 2.26 bits per heavy atom. The van der Waals surface area contributed by atoms with Gasteiger partial charge >= 0.3 is 0 Å². The van der Waals surface area contributed by atoms with E-state index in [9.17, 15) is 13.2 Å². The molecule has 0 radical (unpaired) electrons. The van der Waals surface area contributed by atoms with Crippen LogP contribution >= 0.6 is 15.9 Å². The molecule has 8 heteroatoms. The van der Waals surface area contributed by atoms with Gasteiger partial charge < -0.3 is 9.73 Å². The first-order chi connectivity index (χ1) is 12.9. The number of nitrogens with one attached hydrogen (secondary N) is 1. The molecule has 27 heavy (non-hydrogen) atoms. The van der Waals surface area contributed by atoms with Crippen molar-refractivity contribution in [2.45, 2.75) is 11.8 Å². The molecule has 0 bridgehead atoms. The van der Waals surface area contributed by atoms with Gasteiger partial charge in [-0.15, -0.1) is 0 Å². The van der Waals surface area contributed by atoms with E-state index in [0.717, 1.165) is 0 Å². The van der Waals surface area contributed by atoms with E-state index in [4.69, 9.17) is 4.42 Å². The van der Waals surface area contributed by atoms with Crippen LogP contribution in [0.5, 0.6) is 0 Å². The molecule has 0 unspecified atom stereocenters. The minimum absolute atomic E-state index is 0.145. The van der Waals surface area contributed by atoms with E-state index in [1.165, 1.54) is 22.5 Å². The number of furan rings is 1. The van der Waals surface area contributed by atoms with Gasteiger partial charge in [-0.2, -0.15) is 0 Å². The van der Waals surface area contributed by atoms with Crippen LogP contribution in [-0.4, -0.2) is 20.9 Å². The summed E-state index contributed by atoms with van der Waals surface area (Å²) in [6.45, 7) is 2.08. The van der Waals surface area contributed by atoms with Crippen molar-refractivity contribution in [1.29, 1.82) is 0 Å². The van der Waals surface area contributed by atoms with Crippen LogP contribution in [0, 0.1) is 0 Å². The van der Waals surface area contributed by atoms with Crippen LogP contribution in [0.3, 0.4) is 0 Å². The van der Waals surface area contributed by atoms with Gasteiger partial charge in [-0.25, -0.2) is 8.42 Å². The number of nitrogens with zero attached hydrogens (tertiary/aromatic N) is 1. The van der Waals surface area contributed by atoms with Gasteiger partial charge in [0.1, 0.15) is 0 Å². The van der Waals surface area contributed by atoms with Gasteiger partial charge in [0.25, 0.3) is 15.9 Å². The number of benzene rings is 2. The Balaban J connectivity index is 1.80. The highest BCUT2D eigenvalue weighted by atomic mass is 79.9. The quantitative estimate of drug-likeness (QED) is 0.601. The smallest absolute Gasteiger partial charge is 0.291 e. The Bertz CT molecular complexity index is 1030. The third-order valence-corrected chi connectivity index (χ3v) is 6.17. The van der Waals surface area contributed by atoms with Crippen molar-refractivity contribution >= 4 is 43.2 Å². The molecule has 3 rings (SSSR count). The molecular weight excluding hydrogens is 432 g/mol. The fraction of sp³-hybridized carbons (Fsp3) is 0.105. The highest BCUT2D eigenvalue weighted by Gasteiger charge is 2.23. The van der Waals surface area contributed by atoms with Crippen LogP contribution in [-0.2, 0) is 10.0 Å². The molecule has 1 amide bonds. The minimum atomic E-state index is -3.70. The SMILES string of the molecule is CCN(c1ccccc1)S(=O)(=O)c1ccc(NC(=O)c2ccc(Br)o2)cc1. The van der Waals surface area contributed by atoms with E-state index in [2.05, 4.69) is 21.2 Å². The molecule has 6 nitrogen and oxygen atoms in total. The van der Waals surface area contributed by atoms with Crippen molar-refractivity contribution in [1.82, 2.24) is 0 Å². The van der Waals surface area contributed by atoms with E-state index in [-0.39, 0.29) is 10.7 Å². The summed E-state index contributed by atoms with van der Waals surface area (Å²) in [6, 6.07) is 18.1. The lowest BCUT2D eigenvalue weighted by Crippen LogP contribution is -2.30. The topological polar surface area (TPSA) is 79.6 Å². The van der Waals surface area contributed by atoms with Crippen LogP contribution < -0.4 is 9.62 Å². The molecule has 0 aliphatic carbocycles. The maximum Gasteiger partial charge on any atom is 0.291 e. The van der Waals surface area contributed by atoms with Crippen molar-refractivity contribution in [2.24, 2.45) is 0 Å². The number of halogens is 1. The van der Waals surface area contributed by atoms with Crippen LogP contribution in [0.1, 0.15) is 17.5 Å². The number of rotatable bonds is 6. The van der Waals surface area contributed by atoms with Crippen molar-refractivity contribution in [2.75, 3.05) is 16.2 Å². The highest BCUT2D eigenvalue weighted by Crippen LogP contribution is 2.24. The first-order valence-electron chi connectivity index (χ1n) is 8.16. The molecule has 0 atom stereocenters. The average molecular weight is 449 g/mol. The second kappa shape index (κ2) is 7.98. The van der Waals surface area contributed by atoms with Crippen molar-refractivity contribution in [3.05, 3.63) is 77.2 Å². The third-order valence-electron chi connectivity index (χ3n) is 3.83. The van der Waals surface area contributed by atoms with Crippen LogP contribution in [0.25, 0.3) is 0 Å². The number of para-hydroxylation sites is 1. The predicted octanol–water partition coefficient (Wildman–Crippen LogP) is 4.51. The lowest BCUT2D eigenvalue weighted by atomic mass is 10.3. The Morgan fingerprint density at radius 1 is 1.04 bits per heavy atom. The van der Waals surface area contributed by atoms with Gasteiger partial charge in [-0.1, -0.05) is 18.2 Å². The van der Waals surface area contributed by atoms with Crippen LogP contribution in [0.15, 0.2) is 80.7 Å². The van der Waals surface area contributed by atoms with Crippen LogP contribution in [0.4, 0.5) is 11.4 Å². The van der Waals surface area contributed by atoms with E-state index in [1.807, 2.05) is 6.07 Å². The summed E-state index contributed by atoms with van der Waals surface area (Å²) in [5.41, 5.74) is 1.06. The fourth-order valence-corrected chi connectivity index (χ4v) is 4.33. The summed E-state index contributed by atoms with van der Waals surface area (Å²) in [4.78, 5) is 12.2. The average Bonchev–Trinajstić information content (AvgIpc) is 3.10. The zero-order valence-corrected chi connectivity index (χ0v) is 16.8. The Morgan fingerprint density at radius 2 is 1.70 bits per heavy atom. The third kappa shape index (κ3) is 4.23. The molecule has 140 valence electrons.